The Morgan fingerprint density at radius 3 is 2.83 bits per heavy atom. The number of imidazole rings is 1. The second kappa shape index (κ2) is 8.78. The highest BCUT2D eigenvalue weighted by atomic mass is 16.6. The maximum Gasteiger partial charge on any atom is 0.236 e. The third-order valence-corrected chi connectivity index (χ3v) is 5.51. The lowest BCUT2D eigenvalue weighted by molar-refractivity contribution is -0.130. The Balaban J connectivity index is 1.41. The Morgan fingerprint density at radius 1 is 1.33 bits per heavy atom. The average Bonchev–Trinajstić information content (AvgIpc) is 3.30. The highest BCUT2D eigenvalue weighted by Gasteiger charge is 2.44. The third-order valence-electron chi connectivity index (χ3n) is 5.51. The van der Waals surface area contributed by atoms with Crippen LogP contribution in [0.1, 0.15) is 19.0 Å². The lowest BCUT2D eigenvalue weighted by atomic mass is 10.1. The van der Waals surface area contributed by atoms with Gasteiger partial charge in [0, 0.05) is 39.1 Å². The fourth-order valence-corrected chi connectivity index (χ4v) is 3.80. The molecule has 0 saturated carbocycles. The van der Waals surface area contributed by atoms with Gasteiger partial charge in [0.15, 0.2) is 17.7 Å². The van der Waals surface area contributed by atoms with Crippen molar-refractivity contribution >= 4 is 22.9 Å². The summed E-state index contributed by atoms with van der Waals surface area (Å²) >= 11 is 0. The highest BCUT2D eigenvalue weighted by Crippen LogP contribution is 2.32. The van der Waals surface area contributed by atoms with Crippen LogP contribution in [0.4, 0.5) is 5.82 Å². The summed E-state index contributed by atoms with van der Waals surface area (Å²) in [5.41, 5.74) is 6.82. The molecule has 4 rings (SSSR count). The zero-order chi connectivity index (χ0) is 21.3. The number of aryl methyl sites for hydroxylation is 1. The van der Waals surface area contributed by atoms with E-state index in [2.05, 4.69) is 25.6 Å². The van der Waals surface area contributed by atoms with E-state index in [1.807, 2.05) is 6.92 Å². The molecule has 2 aromatic rings. The molecule has 6 N–H and O–H groups in total. The van der Waals surface area contributed by atoms with Crippen LogP contribution in [0.5, 0.6) is 0 Å². The number of nitrogen functional groups attached to an aromatic ring is 1. The minimum atomic E-state index is -1.18. The molecule has 0 aliphatic carbocycles. The summed E-state index contributed by atoms with van der Waals surface area (Å²) in [6.45, 7) is 5.22. The molecule has 12 nitrogen and oxygen atoms in total. The Bertz CT molecular complexity index is 900. The van der Waals surface area contributed by atoms with E-state index in [4.69, 9.17) is 10.5 Å². The lowest BCUT2D eigenvalue weighted by Gasteiger charge is -2.27. The molecule has 2 aliphatic rings. The number of nitrogens with one attached hydrogen (secondary N) is 2. The molecule has 0 spiro atoms. The maximum absolute atomic E-state index is 12.3. The highest BCUT2D eigenvalue weighted by molar-refractivity contribution is 5.81. The minimum absolute atomic E-state index is 0.000888. The fraction of sp³-hybridized carbons (Fsp3) is 0.667. The number of carbonyl (C=O) groups excluding carboxylic acids is 1. The molecule has 0 bridgehead atoms. The molecular formula is C18H28N8O4. The van der Waals surface area contributed by atoms with E-state index in [0.717, 1.165) is 13.1 Å². The predicted molar refractivity (Wildman–Crippen MR) is 107 cm³/mol. The van der Waals surface area contributed by atoms with Crippen LogP contribution >= 0.6 is 0 Å². The molecule has 2 aromatic heterocycles. The van der Waals surface area contributed by atoms with Crippen molar-refractivity contribution in [2.45, 2.75) is 37.9 Å². The molecule has 2 saturated heterocycles. The smallest absolute Gasteiger partial charge is 0.236 e. The summed E-state index contributed by atoms with van der Waals surface area (Å²) in [5.74, 6) is 0.814. The molecular weight excluding hydrogens is 392 g/mol. The van der Waals surface area contributed by atoms with Crippen molar-refractivity contribution in [1.29, 1.82) is 0 Å². The number of aromatic nitrogens is 4. The Labute approximate surface area is 173 Å². The van der Waals surface area contributed by atoms with Gasteiger partial charge < -0.3 is 36.2 Å². The van der Waals surface area contributed by atoms with Gasteiger partial charge in [0.25, 0.3) is 0 Å². The average molecular weight is 420 g/mol. The van der Waals surface area contributed by atoms with Crippen LogP contribution in [-0.2, 0) is 16.0 Å². The van der Waals surface area contributed by atoms with E-state index < -0.39 is 24.5 Å². The number of nitrogens with zero attached hydrogens (tertiary/aromatic N) is 5. The molecule has 0 unspecified atom stereocenters. The van der Waals surface area contributed by atoms with Crippen molar-refractivity contribution < 1.29 is 19.7 Å². The number of piperazine rings is 1. The van der Waals surface area contributed by atoms with Crippen molar-refractivity contribution in [3.63, 3.8) is 0 Å². The summed E-state index contributed by atoms with van der Waals surface area (Å²) < 4.78 is 7.47. The Morgan fingerprint density at radius 2 is 2.10 bits per heavy atom. The third kappa shape index (κ3) is 3.96. The van der Waals surface area contributed by atoms with Gasteiger partial charge in [0.2, 0.25) is 5.91 Å². The van der Waals surface area contributed by atoms with Gasteiger partial charge in [-0.15, -0.1) is 0 Å². The largest absolute Gasteiger partial charge is 0.387 e. The van der Waals surface area contributed by atoms with Crippen LogP contribution in [0, 0.1) is 0 Å². The van der Waals surface area contributed by atoms with Crippen molar-refractivity contribution in [3.8, 4) is 0 Å². The maximum atomic E-state index is 12.3. The van der Waals surface area contributed by atoms with Crippen LogP contribution in [0.15, 0.2) is 6.33 Å². The number of nitrogens with two attached hydrogens (primary N) is 1. The predicted octanol–water partition coefficient (Wildman–Crippen LogP) is -2.39. The number of hydrogen-bond donors (Lipinski definition) is 5. The van der Waals surface area contributed by atoms with Gasteiger partial charge in [-0.05, 0) is 0 Å². The zero-order valence-corrected chi connectivity index (χ0v) is 16.9. The number of rotatable bonds is 6. The number of amides is 1. The van der Waals surface area contributed by atoms with E-state index >= 15 is 0 Å². The minimum Gasteiger partial charge on any atom is -0.387 e. The van der Waals surface area contributed by atoms with E-state index in [0.29, 0.717) is 36.5 Å². The van der Waals surface area contributed by atoms with Crippen LogP contribution in [0.25, 0.3) is 11.2 Å². The van der Waals surface area contributed by atoms with Crippen LogP contribution in [0.3, 0.4) is 0 Å². The van der Waals surface area contributed by atoms with E-state index in [-0.39, 0.29) is 24.8 Å². The van der Waals surface area contributed by atoms with Crippen LogP contribution in [0.2, 0.25) is 0 Å². The van der Waals surface area contributed by atoms with E-state index in [1.165, 1.54) is 6.33 Å². The zero-order valence-electron chi connectivity index (χ0n) is 16.9. The van der Waals surface area contributed by atoms with Gasteiger partial charge in [0.05, 0.1) is 12.9 Å². The first-order chi connectivity index (χ1) is 14.5. The summed E-state index contributed by atoms with van der Waals surface area (Å²) in [5, 5.41) is 27.2. The van der Waals surface area contributed by atoms with E-state index in [9.17, 15) is 15.0 Å². The van der Waals surface area contributed by atoms with Crippen molar-refractivity contribution in [3.05, 3.63) is 12.2 Å². The van der Waals surface area contributed by atoms with Gasteiger partial charge >= 0.3 is 0 Å². The first-order valence-corrected chi connectivity index (χ1v) is 10.2. The summed E-state index contributed by atoms with van der Waals surface area (Å²) in [7, 11) is 0. The molecule has 0 aromatic carbocycles. The van der Waals surface area contributed by atoms with Crippen molar-refractivity contribution in [1.82, 2.24) is 35.1 Å². The number of aliphatic hydroxyl groups is 2. The first-order valence-electron chi connectivity index (χ1n) is 10.2. The van der Waals surface area contributed by atoms with Gasteiger partial charge in [-0.2, -0.15) is 0 Å². The normalized spacial score (nSPS) is 27.1. The summed E-state index contributed by atoms with van der Waals surface area (Å²) in [6, 6.07) is 0. The lowest BCUT2D eigenvalue weighted by Crippen LogP contribution is -2.50. The number of anilines is 1. The SMILES string of the molecule is CCc1nc(N)c2ncn([C@@H]3O[C@H](CNCC(=O)N4CCNCC4)[C@@H](O)[C@H]3O)c2n1. The Kier molecular flexibility index (Phi) is 6.11. The quantitative estimate of drug-likeness (QED) is 0.341. The number of ether oxygens (including phenoxy) is 1. The van der Waals surface area contributed by atoms with Gasteiger partial charge in [-0.25, -0.2) is 15.0 Å². The molecule has 12 heteroatoms. The number of fused-ring (bicyclic) bond motifs is 1. The monoisotopic (exact) mass is 420 g/mol. The molecule has 4 heterocycles. The van der Waals surface area contributed by atoms with Gasteiger partial charge in [-0.1, -0.05) is 6.92 Å². The van der Waals surface area contributed by atoms with Crippen molar-refractivity contribution in [2.24, 2.45) is 0 Å². The first kappa shape index (κ1) is 20.9. The second-order valence-corrected chi connectivity index (χ2v) is 7.51. The molecule has 30 heavy (non-hydrogen) atoms. The summed E-state index contributed by atoms with van der Waals surface area (Å²) in [4.78, 5) is 26.9. The Hall–Kier alpha value is -2.38. The summed E-state index contributed by atoms with van der Waals surface area (Å²) in [6.07, 6.45) is -1.81. The molecule has 4 atom stereocenters. The van der Waals surface area contributed by atoms with Gasteiger partial charge in [-0.3, -0.25) is 9.36 Å². The molecule has 1 amide bonds. The van der Waals surface area contributed by atoms with Gasteiger partial charge in [0.1, 0.15) is 29.7 Å². The van der Waals surface area contributed by atoms with E-state index in [1.54, 1.807) is 9.47 Å². The van der Waals surface area contributed by atoms with Crippen LogP contribution < -0.4 is 16.4 Å². The molecule has 2 aliphatic heterocycles. The molecule has 164 valence electrons. The topological polar surface area (TPSA) is 164 Å². The number of carbonyl (C=O) groups is 1. The number of hydrogen-bond acceptors (Lipinski definition) is 10. The number of aliphatic hydroxyl groups excluding tert-OH is 2. The standard InChI is InChI=1S/C18H28N8O4/c1-2-11-23-16(19)13-17(24-11)26(9-22-13)18-15(29)14(28)10(30-18)7-21-8-12(27)25-5-3-20-4-6-25/h9-10,14-15,18,20-21,28-29H,2-8H2,1H3,(H2,19,23,24)/t10-,14-,15-,18-/m1/s1. The fourth-order valence-electron chi connectivity index (χ4n) is 3.80. The molecule has 2 fully saturated rings. The second-order valence-electron chi connectivity index (χ2n) is 7.51. The molecule has 0 radical (unpaired) electrons. The van der Waals surface area contributed by atoms with Crippen molar-refractivity contribution in [2.75, 3.05) is 45.0 Å². The van der Waals surface area contributed by atoms with Crippen LogP contribution in [-0.4, -0.2) is 98.1 Å².